The van der Waals surface area contributed by atoms with Gasteiger partial charge in [-0.3, -0.25) is 9.59 Å². The Hall–Kier alpha value is -1.55. The molecule has 0 aliphatic rings. The number of rotatable bonds is 7. The molecule has 20 heavy (non-hydrogen) atoms. The van der Waals surface area contributed by atoms with Crippen molar-refractivity contribution in [1.82, 2.24) is 5.32 Å². The molecule has 0 radical (unpaired) electrons. The zero-order chi connectivity index (χ0) is 15.0. The zero-order valence-corrected chi connectivity index (χ0v) is 12.7. The van der Waals surface area contributed by atoms with E-state index in [1.807, 2.05) is 0 Å². The molecule has 1 aromatic rings. The first-order valence-corrected chi connectivity index (χ1v) is 7.22. The van der Waals surface area contributed by atoms with Gasteiger partial charge >= 0.3 is 0 Å². The number of benzene rings is 1. The van der Waals surface area contributed by atoms with Gasteiger partial charge in [-0.05, 0) is 24.6 Å². The fraction of sp³-hybridized carbons (Fsp3) is 0.467. The van der Waals surface area contributed by atoms with Crippen LogP contribution in [0.25, 0.3) is 0 Å². The lowest BCUT2D eigenvalue weighted by atomic mass is 10.2. The maximum atomic E-state index is 11.8. The summed E-state index contributed by atoms with van der Waals surface area (Å²) in [6, 6.07) is 6.92. The molecule has 0 heterocycles. The van der Waals surface area contributed by atoms with Crippen LogP contribution < -0.4 is 10.2 Å². The molecule has 110 valence electrons. The minimum atomic E-state index is -0.184. The SMILES string of the molecule is CCCCCNC(=O)CN(C(C)=O)c1cccc(Cl)c1. The highest BCUT2D eigenvalue weighted by Crippen LogP contribution is 2.19. The number of hydrogen-bond donors (Lipinski definition) is 1. The van der Waals surface area contributed by atoms with E-state index in [4.69, 9.17) is 11.6 Å². The van der Waals surface area contributed by atoms with Gasteiger partial charge in [-0.15, -0.1) is 0 Å². The van der Waals surface area contributed by atoms with E-state index in [0.717, 1.165) is 19.3 Å². The van der Waals surface area contributed by atoms with E-state index in [-0.39, 0.29) is 18.4 Å². The molecule has 0 aliphatic heterocycles. The molecule has 0 unspecified atom stereocenters. The molecular formula is C15H21ClN2O2. The molecule has 1 aromatic carbocycles. The summed E-state index contributed by atoms with van der Waals surface area (Å²) in [5.74, 6) is -0.341. The number of carbonyl (C=O) groups excluding carboxylic acids is 2. The van der Waals surface area contributed by atoms with E-state index in [1.54, 1.807) is 24.3 Å². The van der Waals surface area contributed by atoms with Crippen molar-refractivity contribution in [3.8, 4) is 0 Å². The van der Waals surface area contributed by atoms with E-state index in [1.165, 1.54) is 11.8 Å². The Kier molecular flexibility index (Phi) is 7.09. The molecule has 1 rings (SSSR count). The van der Waals surface area contributed by atoms with Crippen LogP contribution in [-0.4, -0.2) is 24.9 Å². The van der Waals surface area contributed by atoms with Crippen molar-refractivity contribution in [1.29, 1.82) is 0 Å². The molecule has 0 saturated heterocycles. The molecule has 0 fully saturated rings. The summed E-state index contributed by atoms with van der Waals surface area (Å²) in [5.41, 5.74) is 0.633. The topological polar surface area (TPSA) is 49.4 Å². The molecule has 2 amide bonds. The maximum absolute atomic E-state index is 11.8. The molecule has 0 saturated carbocycles. The normalized spacial score (nSPS) is 10.2. The smallest absolute Gasteiger partial charge is 0.240 e. The van der Waals surface area contributed by atoms with Crippen LogP contribution in [0.1, 0.15) is 33.1 Å². The summed E-state index contributed by atoms with van der Waals surface area (Å²) in [7, 11) is 0. The van der Waals surface area contributed by atoms with Crippen LogP contribution in [-0.2, 0) is 9.59 Å². The second kappa shape index (κ2) is 8.59. The zero-order valence-electron chi connectivity index (χ0n) is 12.0. The van der Waals surface area contributed by atoms with Gasteiger partial charge in [-0.25, -0.2) is 0 Å². The van der Waals surface area contributed by atoms with Gasteiger partial charge in [-0.1, -0.05) is 37.4 Å². The number of nitrogens with zero attached hydrogens (tertiary/aromatic N) is 1. The standard InChI is InChI=1S/C15H21ClN2O2/c1-3-4-5-9-17-15(20)11-18(12(2)19)14-8-6-7-13(16)10-14/h6-8,10H,3-5,9,11H2,1-2H3,(H,17,20). The molecule has 0 atom stereocenters. The minimum Gasteiger partial charge on any atom is -0.355 e. The predicted octanol–water partition coefficient (Wildman–Crippen LogP) is 3.00. The van der Waals surface area contributed by atoms with Crippen molar-refractivity contribution in [2.45, 2.75) is 33.1 Å². The van der Waals surface area contributed by atoms with Crippen molar-refractivity contribution in [2.24, 2.45) is 0 Å². The van der Waals surface area contributed by atoms with Crippen LogP contribution in [0.3, 0.4) is 0 Å². The third kappa shape index (κ3) is 5.61. The Morgan fingerprint density at radius 1 is 1.30 bits per heavy atom. The van der Waals surface area contributed by atoms with Crippen molar-refractivity contribution >= 4 is 29.1 Å². The summed E-state index contributed by atoms with van der Waals surface area (Å²) in [4.78, 5) is 24.9. The van der Waals surface area contributed by atoms with Gasteiger partial charge in [0.1, 0.15) is 6.54 Å². The molecule has 0 bridgehead atoms. The summed E-state index contributed by atoms with van der Waals surface area (Å²) in [6.07, 6.45) is 3.16. The lowest BCUT2D eigenvalue weighted by Crippen LogP contribution is -2.40. The van der Waals surface area contributed by atoms with E-state index >= 15 is 0 Å². The fourth-order valence-electron chi connectivity index (χ4n) is 1.83. The highest BCUT2D eigenvalue weighted by Gasteiger charge is 2.15. The molecule has 5 heteroatoms. The quantitative estimate of drug-likeness (QED) is 0.786. The van der Waals surface area contributed by atoms with Gasteiger partial charge in [0.2, 0.25) is 11.8 Å². The first-order chi connectivity index (χ1) is 9.54. The minimum absolute atomic E-state index is 0.0157. The summed E-state index contributed by atoms with van der Waals surface area (Å²) < 4.78 is 0. The lowest BCUT2D eigenvalue weighted by molar-refractivity contribution is -0.123. The fourth-order valence-corrected chi connectivity index (χ4v) is 2.02. The van der Waals surface area contributed by atoms with Gasteiger partial charge in [-0.2, -0.15) is 0 Å². The van der Waals surface area contributed by atoms with E-state index in [9.17, 15) is 9.59 Å². The molecular weight excluding hydrogens is 276 g/mol. The Balaban J connectivity index is 2.59. The first-order valence-electron chi connectivity index (χ1n) is 6.85. The van der Waals surface area contributed by atoms with E-state index < -0.39 is 0 Å². The summed E-state index contributed by atoms with van der Waals surface area (Å²) in [6.45, 7) is 4.21. The number of hydrogen-bond acceptors (Lipinski definition) is 2. The van der Waals surface area contributed by atoms with Crippen LogP contribution in [0.5, 0.6) is 0 Å². The molecule has 0 aromatic heterocycles. The Bertz CT molecular complexity index is 463. The van der Waals surface area contributed by atoms with Crippen LogP contribution in [0.4, 0.5) is 5.69 Å². The van der Waals surface area contributed by atoms with Crippen molar-refractivity contribution < 1.29 is 9.59 Å². The molecule has 1 N–H and O–H groups in total. The second-order valence-electron chi connectivity index (χ2n) is 4.64. The van der Waals surface area contributed by atoms with Crippen LogP contribution in [0, 0.1) is 0 Å². The molecule has 0 aliphatic carbocycles. The summed E-state index contributed by atoms with van der Waals surface area (Å²) in [5, 5.41) is 3.36. The molecule has 4 nitrogen and oxygen atoms in total. The van der Waals surface area contributed by atoms with Crippen LogP contribution in [0.2, 0.25) is 5.02 Å². The number of amides is 2. The van der Waals surface area contributed by atoms with Crippen molar-refractivity contribution in [3.63, 3.8) is 0 Å². The number of halogens is 1. The van der Waals surface area contributed by atoms with Crippen LogP contribution >= 0.6 is 11.6 Å². The Morgan fingerprint density at radius 3 is 2.65 bits per heavy atom. The van der Waals surface area contributed by atoms with Crippen LogP contribution in [0.15, 0.2) is 24.3 Å². The monoisotopic (exact) mass is 296 g/mol. The second-order valence-corrected chi connectivity index (χ2v) is 5.08. The highest BCUT2D eigenvalue weighted by atomic mass is 35.5. The Labute approximate surface area is 125 Å². The predicted molar refractivity (Wildman–Crippen MR) is 82.0 cm³/mol. The highest BCUT2D eigenvalue weighted by molar-refractivity contribution is 6.30. The van der Waals surface area contributed by atoms with E-state index in [2.05, 4.69) is 12.2 Å². The largest absolute Gasteiger partial charge is 0.355 e. The average molecular weight is 297 g/mol. The number of unbranched alkanes of at least 4 members (excludes halogenated alkanes) is 2. The van der Waals surface area contributed by atoms with Crippen molar-refractivity contribution in [3.05, 3.63) is 29.3 Å². The van der Waals surface area contributed by atoms with E-state index in [0.29, 0.717) is 17.3 Å². The van der Waals surface area contributed by atoms with Gasteiger partial charge in [0.25, 0.3) is 0 Å². The lowest BCUT2D eigenvalue weighted by Gasteiger charge is -2.20. The third-order valence-electron chi connectivity index (χ3n) is 2.90. The van der Waals surface area contributed by atoms with Crippen molar-refractivity contribution in [2.75, 3.05) is 18.0 Å². The number of anilines is 1. The van der Waals surface area contributed by atoms with Gasteiger partial charge < -0.3 is 10.2 Å². The van der Waals surface area contributed by atoms with Gasteiger partial charge in [0.05, 0.1) is 0 Å². The number of nitrogens with one attached hydrogen (secondary N) is 1. The number of carbonyl (C=O) groups is 2. The Morgan fingerprint density at radius 2 is 2.05 bits per heavy atom. The average Bonchev–Trinajstić information content (AvgIpc) is 2.40. The maximum Gasteiger partial charge on any atom is 0.240 e. The van der Waals surface area contributed by atoms with Gasteiger partial charge in [0, 0.05) is 24.2 Å². The molecule has 0 spiro atoms. The van der Waals surface area contributed by atoms with Gasteiger partial charge in [0.15, 0.2) is 0 Å². The first kappa shape index (κ1) is 16.5. The third-order valence-corrected chi connectivity index (χ3v) is 3.14. The summed E-state index contributed by atoms with van der Waals surface area (Å²) >= 11 is 5.91.